The van der Waals surface area contributed by atoms with Crippen molar-refractivity contribution in [3.8, 4) is 23.1 Å². The van der Waals surface area contributed by atoms with Crippen molar-refractivity contribution in [2.24, 2.45) is 0 Å². The molecule has 214 valence electrons. The Morgan fingerprint density at radius 3 is 2.78 bits per heavy atom. The first-order valence-electron chi connectivity index (χ1n) is 13.2. The predicted molar refractivity (Wildman–Crippen MR) is 162 cm³/mol. The largest absolute Gasteiger partial charge is 0.475 e. The summed E-state index contributed by atoms with van der Waals surface area (Å²) in [6.07, 6.45) is 5.70. The van der Waals surface area contributed by atoms with E-state index in [-0.39, 0.29) is 30.6 Å². The Morgan fingerprint density at radius 1 is 1.24 bits per heavy atom. The maximum absolute atomic E-state index is 12.0. The van der Waals surface area contributed by atoms with Gasteiger partial charge in [-0.05, 0) is 51.1 Å². The van der Waals surface area contributed by atoms with Crippen LogP contribution in [0, 0.1) is 28.4 Å². The molecule has 0 atom stereocenters. The Kier molecular flexibility index (Phi) is 8.74. The molecule has 0 spiro atoms. The molecule has 0 bridgehead atoms. The van der Waals surface area contributed by atoms with Crippen LogP contribution in [0.1, 0.15) is 25.0 Å². The summed E-state index contributed by atoms with van der Waals surface area (Å²) in [5.74, 6) is 0.675. The maximum atomic E-state index is 12.0. The fourth-order valence-electron chi connectivity index (χ4n) is 5.14. The summed E-state index contributed by atoms with van der Waals surface area (Å²) >= 11 is 0. The van der Waals surface area contributed by atoms with Crippen molar-refractivity contribution in [1.82, 2.24) is 19.4 Å². The highest BCUT2D eigenvalue weighted by molar-refractivity contribution is 5.98. The van der Waals surface area contributed by atoms with Crippen LogP contribution in [0.25, 0.3) is 22.2 Å². The van der Waals surface area contributed by atoms with Gasteiger partial charge in [0, 0.05) is 49.9 Å². The van der Waals surface area contributed by atoms with Gasteiger partial charge < -0.3 is 24.4 Å². The molecule has 1 aliphatic rings. The van der Waals surface area contributed by atoms with Gasteiger partial charge in [-0.25, -0.2) is 9.97 Å². The summed E-state index contributed by atoms with van der Waals surface area (Å²) in [4.78, 5) is 24.8. The third-order valence-electron chi connectivity index (χ3n) is 7.19. The van der Waals surface area contributed by atoms with E-state index in [1.807, 2.05) is 56.1 Å². The number of nitro groups is 1. The van der Waals surface area contributed by atoms with Crippen LogP contribution >= 0.6 is 0 Å². The van der Waals surface area contributed by atoms with Gasteiger partial charge in [0.1, 0.15) is 17.5 Å². The number of aromatic nitrogens is 3. The number of hydrogen-bond acceptors (Lipinski definition) is 9. The number of benzene rings is 2. The molecule has 1 aliphatic heterocycles. The van der Waals surface area contributed by atoms with Crippen LogP contribution in [0.4, 0.5) is 23.0 Å². The Labute approximate surface area is 240 Å². The van der Waals surface area contributed by atoms with Gasteiger partial charge in [0.05, 0.1) is 22.3 Å². The fraction of sp³-hybridized carbons (Fsp3) is 0.367. The molecule has 1 N–H and O–H groups in total. The molecule has 0 aliphatic carbocycles. The number of aryl methyl sites for hydroxylation is 3. The fourth-order valence-corrected chi connectivity index (χ4v) is 5.14. The molecular formula is C30H36N8O3. The zero-order valence-corrected chi connectivity index (χ0v) is 23.1. The van der Waals surface area contributed by atoms with Crippen molar-refractivity contribution < 1.29 is 9.66 Å². The molecule has 2 aromatic heterocycles. The number of likely N-dealkylation sites (N-methyl/N-ethyl adjacent to an activating group) is 2. The first-order chi connectivity index (χ1) is 19.3. The normalized spacial score (nSPS) is 12.1. The van der Waals surface area contributed by atoms with E-state index in [1.54, 1.807) is 6.20 Å². The van der Waals surface area contributed by atoms with E-state index < -0.39 is 0 Å². The monoisotopic (exact) mass is 556 g/mol. The van der Waals surface area contributed by atoms with Gasteiger partial charge in [-0.3, -0.25) is 10.1 Å². The summed E-state index contributed by atoms with van der Waals surface area (Å²) < 4.78 is 7.96. The van der Waals surface area contributed by atoms with Gasteiger partial charge >= 0.3 is 0 Å². The summed E-state index contributed by atoms with van der Waals surface area (Å²) in [5.41, 5.74) is 5.82. The lowest BCUT2D eigenvalue weighted by atomic mass is 10.0. The topological polar surface area (TPSA) is 125 Å². The molecule has 3 heterocycles. The number of para-hydroxylation sites is 1. The van der Waals surface area contributed by atoms with Crippen LogP contribution in [0.2, 0.25) is 0 Å². The van der Waals surface area contributed by atoms with E-state index in [4.69, 9.17) is 15.0 Å². The molecule has 0 fully saturated rings. The number of ether oxygens (including phenoxy) is 1. The number of nitrogens with zero attached hydrogens (tertiary/aromatic N) is 7. The highest BCUT2D eigenvalue weighted by Crippen LogP contribution is 2.39. The average Bonchev–Trinajstić information content (AvgIpc) is 3.32. The molecule has 2 aromatic carbocycles. The van der Waals surface area contributed by atoms with Gasteiger partial charge in [0.15, 0.2) is 12.4 Å². The van der Waals surface area contributed by atoms with Gasteiger partial charge in [0.2, 0.25) is 5.95 Å². The molecular weight excluding hydrogens is 520 g/mol. The van der Waals surface area contributed by atoms with Crippen LogP contribution in [0.5, 0.6) is 5.75 Å². The molecule has 0 saturated heterocycles. The minimum Gasteiger partial charge on any atom is -0.475 e. The lowest BCUT2D eigenvalue weighted by Crippen LogP contribution is -2.29. The lowest BCUT2D eigenvalue weighted by molar-refractivity contribution is -0.384. The van der Waals surface area contributed by atoms with Crippen LogP contribution in [0.15, 0.2) is 42.7 Å². The van der Waals surface area contributed by atoms with Crippen molar-refractivity contribution >= 4 is 33.9 Å². The lowest BCUT2D eigenvalue weighted by Gasteiger charge is -2.22. The van der Waals surface area contributed by atoms with Crippen LogP contribution in [-0.2, 0) is 13.0 Å². The zero-order valence-electron chi connectivity index (χ0n) is 23.1. The Hall–Kier alpha value is -4.69. The van der Waals surface area contributed by atoms with Crippen molar-refractivity contribution in [1.29, 1.82) is 5.26 Å². The maximum Gasteiger partial charge on any atom is 0.294 e. The third-order valence-corrected chi connectivity index (χ3v) is 7.19. The molecule has 0 radical (unpaired) electrons. The standard InChI is InChI=1S/C29H32N8O3.CH4/c1-19-15-24(35(4)13-12-34(2)3)25(37(38)39)16-23(19)32-29-31-17-26(40-14-10-30)27(33-29)22-18-36-11-6-8-20-7-5-9-21(22)28(20)36;/h5,7,9,15-18H,6,8,11-14H2,1-4H3,(H,31,32,33);1H4. The first-order valence-corrected chi connectivity index (χ1v) is 13.2. The van der Waals surface area contributed by atoms with E-state index in [9.17, 15) is 10.1 Å². The second kappa shape index (κ2) is 12.2. The Balaban J connectivity index is 0.00000387. The molecule has 11 nitrogen and oxygen atoms in total. The Morgan fingerprint density at radius 2 is 2.05 bits per heavy atom. The molecule has 0 amide bonds. The summed E-state index contributed by atoms with van der Waals surface area (Å²) in [7, 11) is 5.79. The van der Waals surface area contributed by atoms with Gasteiger partial charge in [-0.15, -0.1) is 0 Å². The quantitative estimate of drug-likeness (QED) is 0.198. The van der Waals surface area contributed by atoms with E-state index >= 15 is 0 Å². The van der Waals surface area contributed by atoms with Crippen molar-refractivity contribution in [2.75, 3.05) is 51.1 Å². The average molecular weight is 557 g/mol. The number of nitro benzene ring substituents is 1. The van der Waals surface area contributed by atoms with Crippen LogP contribution in [-0.4, -0.2) is 65.2 Å². The highest BCUT2D eigenvalue weighted by Gasteiger charge is 2.23. The predicted octanol–water partition coefficient (Wildman–Crippen LogP) is 5.54. The summed E-state index contributed by atoms with van der Waals surface area (Å²) in [6, 6.07) is 11.6. The van der Waals surface area contributed by atoms with E-state index in [2.05, 4.69) is 33.2 Å². The van der Waals surface area contributed by atoms with Gasteiger partial charge in [-0.2, -0.15) is 5.26 Å². The SMILES string of the molecule is C.Cc1cc(N(C)CCN(C)C)c([N+](=O)[O-])cc1Nc1ncc(OCC#N)c(-c2cn3c4c(cccc24)CCC3)n1. The summed E-state index contributed by atoms with van der Waals surface area (Å²) in [6.45, 7) is 4.08. The second-order valence-electron chi connectivity index (χ2n) is 10.3. The van der Waals surface area contributed by atoms with Crippen molar-refractivity contribution in [3.05, 3.63) is 64.0 Å². The second-order valence-corrected chi connectivity index (χ2v) is 10.3. The molecule has 41 heavy (non-hydrogen) atoms. The molecule has 0 unspecified atom stereocenters. The number of rotatable bonds is 10. The van der Waals surface area contributed by atoms with Crippen molar-refractivity contribution in [2.45, 2.75) is 33.7 Å². The molecule has 4 aromatic rings. The first kappa shape index (κ1) is 29.3. The minimum absolute atomic E-state index is 0. The number of hydrogen-bond donors (Lipinski definition) is 1. The van der Waals surface area contributed by atoms with E-state index in [0.29, 0.717) is 29.4 Å². The van der Waals surface area contributed by atoms with Gasteiger partial charge in [0.25, 0.3) is 5.69 Å². The zero-order chi connectivity index (χ0) is 28.4. The van der Waals surface area contributed by atoms with Crippen LogP contribution < -0.4 is 15.0 Å². The van der Waals surface area contributed by atoms with E-state index in [0.717, 1.165) is 42.4 Å². The highest BCUT2D eigenvalue weighted by atomic mass is 16.6. The smallest absolute Gasteiger partial charge is 0.294 e. The molecule has 0 saturated carbocycles. The minimum atomic E-state index is -0.370. The van der Waals surface area contributed by atoms with E-state index in [1.165, 1.54) is 17.1 Å². The number of nitriles is 1. The molecule has 11 heteroatoms. The summed E-state index contributed by atoms with van der Waals surface area (Å²) in [5, 5.41) is 25.4. The number of nitrogens with one attached hydrogen (secondary N) is 1. The Bertz CT molecular complexity index is 1620. The van der Waals surface area contributed by atoms with Crippen molar-refractivity contribution in [3.63, 3.8) is 0 Å². The van der Waals surface area contributed by atoms with Crippen LogP contribution in [0.3, 0.4) is 0 Å². The van der Waals surface area contributed by atoms with Gasteiger partial charge in [-0.1, -0.05) is 25.6 Å². The third kappa shape index (κ3) is 5.93. The molecule has 5 rings (SSSR count). The number of anilines is 3.